The van der Waals surface area contributed by atoms with E-state index in [9.17, 15) is 4.79 Å². The standard InChI is InChI=1S/C20H16Cl2N2O3/c1-2-26-17-9-5-3-7-14(17)19(25)24-16-8-4-6-10-18(16)27-20-15(22)11-13(21)12-23-20/h3-12H,2H2,1H3,(H,24,25). The fourth-order valence-corrected chi connectivity index (χ4v) is 2.78. The molecule has 3 rings (SSSR count). The Morgan fingerprint density at radius 2 is 1.78 bits per heavy atom. The van der Waals surface area contributed by atoms with Gasteiger partial charge in [0.25, 0.3) is 5.91 Å². The average molecular weight is 403 g/mol. The van der Waals surface area contributed by atoms with Crippen LogP contribution in [0.2, 0.25) is 10.0 Å². The molecule has 3 aromatic rings. The molecule has 0 saturated carbocycles. The van der Waals surface area contributed by atoms with Crippen molar-refractivity contribution in [1.82, 2.24) is 4.98 Å². The molecule has 2 aromatic carbocycles. The number of hydrogen-bond acceptors (Lipinski definition) is 4. The highest BCUT2D eigenvalue weighted by Gasteiger charge is 2.15. The van der Waals surface area contributed by atoms with E-state index < -0.39 is 0 Å². The van der Waals surface area contributed by atoms with Crippen LogP contribution >= 0.6 is 23.2 Å². The van der Waals surface area contributed by atoms with E-state index in [-0.39, 0.29) is 16.8 Å². The summed E-state index contributed by atoms with van der Waals surface area (Å²) in [5.41, 5.74) is 0.901. The van der Waals surface area contributed by atoms with Crippen LogP contribution in [0.5, 0.6) is 17.4 Å². The molecule has 1 amide bonds. The maximum atomic E-state index is 12.7. The lowest BCUT2D eigenvalue weighted by Gasteiger charge is -2.14. The number of anilines is 1. The van der Waals surface area contributed by atoms with Gasteiger partial charge in [0.15, 0.2) is 5.75 Å². The highest BCUT2D eigenvalue weighted by atomic mass is 35.5. The van der Waals surface area contributed by atoms with Gasteiger partial charge in [-0.1, -0.05) is 47.5 Å². The van der Waals surface area contributed by atoms with Crippen molar-refractivity contribution in [3.63, 3.8) is 0 Å². The molecule has 5 nitrogen and oxygen atoms in total. The number of carbonyl (C=O) groups excluding carboxylic acids is 1. The Balaban J connectivity index is 1.85. The molecule has 0 atom stereocenters. The molecule has 7 heteroatoms. The molecular formula is C20H16Cl2N2O3. The van der Waals surface area contributed by atoms with Crippen LogP contribution in [0.25, 0.3) is 0 Å². The number of nitrogens with one attached hydrogen (secondary N) is 1. The van der Waals surface area contributed by atoms with Crippen LogP contribution in [0, 0.1) is 0 Å². The van der Waals surface area contributed by atoms with Crippen LogP contribution in [0.1, 0.15) is 17.3 Å². The van der Waals surface area contributed by atoms with E-state index in [1.807, 2.05) is 13.0 Å². The molecule has 0 aliphatic carbocycles. The largest absolute Gasteiger partial charge is 0.493 e. The van der Waals surface area contributed by atoms with Gasteiger partial charge >= 0.3 is 0 Å². The summed E-state index contributed by atoms with van der Waals surface area (Å²) >= 11 is 12.0. The highest BCUT2D eigenvalue weighted by molar-refractivity contribution is 6.35. The van der Waals surface area contributed by atoms with E-state index in [2.05, 4.69) is 10.3 Å². The topological polar surface area (TPSA) is 60.5 Å². The molecule has 1 heterocycles. The summed E-state index contributed by atoms with van der Waals surface area (Å²) in [4.78, 5) is 16.8. The summed E-state index contributed by atoms with van der Waals surface area (Å²) in [6.45, 7) is 2.32. The smallest absolute Gasteiger partial charge is 0.259 e. The summed E-state index contributed by atoms with van der Waals surface area (Å²) in [6, 6.07) is 15.6. The molecule has 1 N–H and O–H groups in total. The number of aromatic nitrogens is 1. The van der Waals surface area contributed by atoms with Gasteiger partial charge < -0.3 is 14.8 Å². The van der Waals surface area contributed by atoms with Gasteiger partial charge in [-0.3, -0.25) is 4.79 Å². The second-order valence-electron chi connectivity index (χ2n) is 5.42. The molecule has 1 aromatic heterocycles. The monoisotopic (exact) mass is 402 g/mol. The molecule has 138 valence electrons. The first kappa shape index (κ1) is 19.0. The lowest BCUT2D eigenvalue weighted by molar-refractivity contribution is 0.102. The first-order valence-corrected chi connectivity index (χ1v) is 8.95. The normalized spacial score (nSPS) is 10.3. The maximum Gasteiger partial charge on any atom is 0.259 e. The quantitative estimate of drug-likeness (QED) is 0.563. The summed E-state index contributed by atoms with van der Waals surface area (Å²) in [5, 5.41) is 3.51. The molecule has 0 aliphatic heterocycles. The number of amides is 1. The van der Waals surface area contributed by atoms with Gasteiger partial charge in [0.05, 0.1) is 22.9 Å². The van der Waals surface area contributed by atoms with Crippen LogP contribution in [-0.2, 0) is 0 Å². The maximum absolute atomic E-state index is 12.7. The predicted molar refractivity (Wildman–Crippen MR) is 106 cm³/mol. The van der Waals surface area contributed by atoms with Gasteiger partial charge in [0.2, 0.25) is 5.88 Å². The number of benzene rings is 2. The van der Waals surface area contributed by atoms with Crippen LogP contribution < -0.4 is 14.8 Å². The fraction of sp³-hybridized carbons (Fsp3) is 0.100. The van der Waals surface area contributed by atoms with Crippen molar-refractivity contribution in [2.24, 2.45) is 0 Å². The zero-order valence-corrected chi connectivity index (χ0v) is 15.9. The van der Waals surface area contributed by atoms with E-state index in [0.717, 1.165) is 0 Å². The van der Waals surface area contributed by atoms with Crippen molar-refractivity contribution >= 4 is 34.8 Å². The number of hydrogen-bond donors (Lipinski definition) is 1. The zero-order valence-electron chi connectivity index (χ0n) is 14.4. The molecule has 0 saturated heterocycles. The van der Waals surface area contributed by atoms with Crippen LogP contribution in [0.3, 0.4) is 0 Å². The second-order valence-corrected chi connectivity index (χ2v) is 6.27. The summed E-state index contributed by atoms with van der Waals surface area (Å²) < 4.78 is 11.3. The van der Waals surface area contributed by atoms with Crippen LogP contribution in [0.4, 0.5) is 5.69 Å². The SMILES string of the molecule is CCOc1ccccc1C(=O)Nc1ccccc1Oc1ncc(Cl)cc1Cl. The van der Waals surface area contributed by atoms with Crippen molar-refractivity contribution in [3.8, 4) is 17.4 Å². The molecule has 27 heavy (non-hydrogen) atoms. The highest BCUT2D eigenvalue weighted by Crippen LogP contribution is 2.33. The summed E-state index contributed by atoms with van der Waals surface area (Å²) in [7, 11) is 0. The minimum atomic E-state index is -0.315. The number of nitrogens with zero attached hydrogens (tertiary/aromatic N) is 1. The minimum Gasteiger partial charge on any atom is -0.493 e. The van der Waals surface area contributed by atoms with E-state index in [4.69, 9.17) is 32.7 Å². The van der Waals surface area contributed by atoms with Gasteiger partial charge in [-0.2, -0.15) is 0 Å². The Labute approximate surface area is 166 Å². The average Bonchev–Trinajstić information content (AvgIpc) is 2.66. The Bertz CT molecular complexity index is 963. The van der Waals surface area contributed by atoms with E-state index in [1.54, 1.807) is 42.5 Å². The zero-order chi connectivity index (χ0) is 19.2. The Kier molecular flexibility index (Phi) is 6.16. The van der Waals surface area contributed by atoms with Crippen molar-refractivity contribution in [2.75, 3.05) is 11.9 Å². The molecule has 0 radical (unpaired) electrons. The Morgan fingerprint density at radius 3 is 2.52 bits per heavy atom. The number of carbonyl (C=O) groups is 1. The number of pyridine rings is 1. The van der Waals surface area contributed by atoms with Crippen LogP contribution in [-0.4, -0.2) is 17.5 Å². The molecular weight excluding hydrogens is 387 g/mol. The van der Waals surface area contributed by atoms with Crippen molar-refractivity contribution in [1.29, 1.82) is 0 Å². The number of para-hydroxylation sites is 3. The van der Waals surface area contributed by atoms with E-state index in [1.165, 1.54) is 12.3 Å². The first-order valence-electron chi connectivity index (χ1n) is 8.19. The van der Waals surface area contributed by atoms with Gasteiger partial charge in [-0.15, -0.1) is 0 Å². The fourth-order valence-electron chi connectivity index (χ4n) is 2.37. The first-order chi connectivity index (χ1) is 13.1. The summed E-state index contributed by atoms with van der Waals surface area (Å²) in [5.74, 6) is 0.789. The van der Waals surface area contributed by atoms with Crippen molar-refractivity contribution < 1.29 is 14.3 Å². The lowest BCUT2D eigenvalue weighted by atomic mass is 10.2. The third kappa shape index (κ3) is 4.70. The third-order valence-electron chi connectivity index (χ3n) is 3.55. The van der Waals surface area contributed by atoms with Gasteiger partial charge in [-0.25, -0.2) is 4.98 Å². The Morgan fingerprint density at radius 1 is 1.07 bits per heavy atom. The molecule has 0 bridgehead atoms. The van der Waals surface area contributed by atoms with E-state index in [0.29, 0.717) is 34.4 Å². The summed E-state index contributed by atoms with van der Waals surface area (Å²) in [6.07, 6.45) is 1.43. The van der Waals surface area contributed by atoms with Gasteiger partial charge in [0, 0.05) is 6.20 Å². The third-order valence-corrected chi connectivity index (χ3v) is 4.02. The van der Waals surface area contributed by atoms with Crippen molar-refractivity contribution in [2.45, 2.75) is 6.92 Å². The number of ether oxygens (including phenoxy) is 2. The second kappa shape index (κ2) is 8.75. The minimum absolute atomic E-state index is 0.192. The van der Waals surface area contributed by atoms with Gasteiger partial charge in [0.1, 0.15) is 10.8 Å². The molecule has 0 spiro atoms. The van der Waals surface area contributed by atoms with Crippen LogP contribution in [0.15, 0.2) is 60.8 Å². The Hall–Kier alpha value is -2.76. The van der Waals surface area contributed by atoms with E-state index >= 15 is 0 Å². The number of halogens is 2. The number of rotatable bonds is 6. The predicted octanol–water partition coefficient (Wildman–Crippen LogP) is 5.83. The molecule has 0 aliphatic rings. The lowest BCUT2D eigenvalue weighted by Crippen LogP contribution is -2.14. The van der Waals surface area contributed by atoms with Crippen molar-refractivity contribution in [3.05, 3.63) is 76.4 Å². The van der Waals surface area contributed by atoms with Gasteiger partial charge in [-0.05, 0) is 37.3 Å². The molecule has 0 unspecified atom stereocenters. The molecule has 0 fully saturated rings.